The molecule has 0 radical (unpaired) electrons. The Kier molecular flexibility index (Phi) is 4.62. The SMILES string of the molecule is Cc1nc(-c2ccc(C)c(S(=O)(=O)Nc3ccc(C)c(F)c3)c2)cs1. The van der Waals surface area contributed by atoms with Crippen LogP contribution in [0.1, 0.15) is 16.1 Å². The quantitative estimate of drug-likeness (QED) is 0.719. The van der Waals surface area contributed by atoms with Crippen LogP contribution < -0.4 is 4.72 Å². The zero-order valence-corrected chi connectivity index (χ0v) is 15.6. The summed E-state index contributed by atoms with van der Waals surface area (Å²) in [4.78, 5) is 4.54. The Morgan fingerprint density at radius 1 is 1.04 bits per heavy atom. The third kappa shape index (κ3) is 3.72. The maximum atomic E-state index is 13.7. The minimum atomic E-state index is -3.84. The van der Waals surface area contributed by atoms with Gasteiger partial charge in [-0.2, -0.15) is 0 Å². The lowest BCUT2D eigenvalue weighted by atomic mass is 10.1. The molecule has 0 spiro atoms. The lowest BCUT2D eigenvalue weighted by molar-refractivity contribution is 0.600. The Bertz CT molecular complexity index is 1040. The molecule has 25 heavy (non-hydrogen) atoms. The van der Waals surface area contributed by atoms with E-state index in [1.54, 1.807) is 32.0 Å². The summed E-state index contributed by atoms with van der Waals surface area (Å²) in [5, 5.41) is 2.80. The molecule has 0 aliphatic carbocycles. The third-order valence-electron chi connectivity index (χ3n) is 3.82. The molecule has 130 valence electrons. The van der Waals surface area contributed by atoms with E-state index in [2.05, 4.69) is 9.71 Å². The van der Waals surface area contributed by atoms with Crippen LogP contribution in [0.4, 0.5) is 10.1 Å². The lowest BCUT2D eigenvalue weighted by Crippen LogP contribution is -2.14. The van der Waals surface area contributed by atoms with Crippen LogP contribution in [-0.4, -0.2) is 13.4 Å². The maximum Gasteiger partial charge on any atom is 0.262 e. The number of hydrogen-bond acceptors (Lipinski definition) is 4. The van der Waals surface area contributed by atoms with Gasteiger partial charge in [0.15, 0.2) is 0 Å². The zero-order chi connectivity index (χ0) is 18.2. The summed E-state index contributed by atoms with van der Waals surface area (Å²) in [5.41, 5.74) is 2.72. The second-order valence-electron chi connectivity index (χ2n) is 5.80. The van der Waals surface area contributed by atoms with Crippen LogP contribution in [0.25, 0.3) is 11.3 Å². The molecule has 1 aromatic heterocycles. The van der Waals surface area contributed by atoms with Gasteiger partial charge in [-0.3, -0.25) is 4.72 Å². The Morgan fingerprint density at radius 3 is 2.40 bits per heavy atom. The van der Waals surface area contributed by atoms with Gasteiger partial charge in [-0.25, -0.2) is 17.8 Å². The Labute approximate surface area is 150 Å². The number of benzene rings is 2. The first-order valence-electron chi connectivity index (χ1n) is 7.58. The van der Waals surface area contributed by atoms with Gasteiger partial charge in [-0.05, 0) is 50.1 Å². The van der Waals surface area contributed by atoms with Crippen molar-refractivity contribution in [2.24, 2.45) is 0 Å². The van der Waals surface area contributed by atoms with Gasteiger partial charge in [0, 0.05) is 10.9 Å². The van der Waals surface area contributed by atoms with Gasteiger partial charge >= 0.3 is 0 Å². The number of halogens is 1. The Balaban J connectivity index is 2.00. The van der Waals surface area contributed by atoms with Crippen molar-refractivity contribution < 1.29 is 12.8 Å². The van der Waals surface area contributed by atoms with Gasteiger partial charge in [-0.15, -0.1) is 11.3 Å². The highest BCUT2D eigenvalue weighted by molar-refractivity contribution is 7.92. The zero-order valence-electron chi connectivity index (χ0n) is 14.0. The van der Waals surface area contributed by atoms with E-state index in [4.69, 9.17) is 0 Å². The minimum Gasteiger partial charge on any atom is -0.280 e. The van der Waals surface area contributed by atoms with Crippen LogP contribution in [0, 0.1) is 26.6 Å². The van der Waals surface area contributed by atoms with Crippen molar-refractivity contribution in [3.05, 3.63) is 63.7 Å². The highest BCUT2D eigenvalue weighted by Gasteiger charge is 2.19. The highest BCUT2D eigenvalue weighted by atomic mass is 32.2. The van der Waals surface area contributed by atoms with Crippen molar-refractivity contribution in [2.75, 3.05) is 4.72 Å². The molecule has 3 aromatic rings. The molecule has 0 saturated heterocycles. The van der Waals surface area contributed by atoms with Crippen LogP contribution in [0.3, 0.4) is 0 Å². The summed E-state index contributed by atoms with van der Waals surface area (Å²) >= 11 is 1.50. The van der Waals surface area contributed by atoms with Crippen LogP contribution in [0.5, 0.6) is 0 Å². The molecule has 1 N–H and O–H groups in total. The van der Waals surface area contributed by atoms with Crippen molar-refractivity contribution in [2.45, 2.75) is 25.7 Å². The predicted octanol–water partition coefficient (Wildman–Crippen LogP) is 4.68. The first kappa shape index (κ1) is 17.6. The van der Waals surface area contributed by atoms with E-state index in [-0.39, 0.29) is 10.6 Å². The Morgan fingerprint density at radius 2 is 1.76 bits per heavy atom. The summed E-state index contributed by atoms with van der Waals surface area (Å²) in [5.74, 6) is -0.455. The molecule has 0 bridgehead atoms. The number of aromatic nitrogens is 1. The summed E-state index contributed by atoms with van der Waals surface area (Å²) in [7, 11) is -3.84. The second-order valence-corrected chi connectivity index (χ2v) is 8.51. The number of aryl methyl sites for hydroxylation is 3. The van der Waals surface area contributed by atoms with E-state index >= 15 is 0 Å². The van der Waals surface area contributed by atoms with E-state index in [1.807, 2.05) is 18.4 Å². The van der Waals surface area contributed by atoms with Crippen molar-refractivity contribution in [1.29, 1.82) is 0 Å². The lowest BCUT2D eigenvalue weighted by Gasteiger charge is -2.12. The van der Waals surface area contributed by atoms with Gasteiger partial charge < -0.3 is 0 Å². The number of nitrogens with zero attached hydrogens (tertiary/aromatic N) is 1. The Hall–Kier alpha value is -2.25. The molecule has 7 heteroatoms. The van der Waals surface area contributed by atoms with Crippen molar-refractivity contribution in [1.82, 2.24) is 4.98 Å². The van der Waals surface area contributed by atoms with Gasteiger partial charge in [0.05, 0.1) is 21.3 Å². The fourth-order valence-electron chi connectivity index (χ4n) is 2.41. The largest absolute Gasteiger partial charge is 0.280 e. The summed E-state index contributed by atoms with van der Waals surface area (Å²) in [6.07, 6.45) is 0. The maximum absolute atomic E-state index is 13.7. The van der Waals surface area contributed by atoms with E-state index < -0.39 is 15.8 Å². The molecule has 0 aliphatic heterocycles. The number of thiazole rings is 1. The fraction of sp³-hybridized carbons (Fsp3) is 0.167. The van der Waals surface area contributed by atoms with Crippen LogP contribution in [0.2, 0.25) is 0 Å². The molecular weight excluding hydrogens is 359 g/mol. The first-order chi connectivity index (χ1) is 11.8. The first-order valence-corrected chi connectivity index (χ1v) is 9.95. The second kappa shape index (κ2) is 6.57. The van der Waals surface area contributed by atoms with Crippen molar-refractivity contribution in [3.8, 4) is 11.3 Å². The standard InChI is InChI=1S/C18H17FN2O2S2/c1-11-5-7-15(9-16(11)19)21-25(22,23)18-8-14(6-4-12(18)2)17-10-24-13(3)20-17/h4-10,21H,1-3H3. The van der Waals surface area contributed by atoms with Crippen molar-refractivity contribution >= 4 is 27.0 Å². The number of hydrogen-bond donors (Lipinski definition) is 1. The molecule has 4 nitrogen and oxygen atoms in total. The fourth-order valence-corrected chi connectivity index (χ4v) is 4.35. The molecule has 0 aliphatic rings. The molecule has 0 atom stereocenters. The van der Waals surface area contributed by atoms with E-state index in [0.29, 0.717) is 11.1 Å². The van der Waals surface area contributed by atoms with Crippen LogP contribution in [-0.2, 0) is 10.0 Å². The smallest absolute Gasteiger partial charge is 0.262 e. The predicted molar refractivity (Wildman–Crippen MR) is 99.0 cm³/mol. The van der Waals surface area contributed by atoms with Gasteiger partial charge in [0.25, 0.3) is 10.0 Å². The number of anilines is 1. The summed E-state index contributed by atoms with van der Waals surface area (Å²) in [6, 6.07) is 9.43. The molecular formula is C18H17FN2O2S2. The normalized spacial score (nSPS) is 11.5. The average Bonchev–Trinajstić information content (AvgIpc) is 2.97. The molecule has 2 aromatic carbocycles. The van der Waals surface area contributed by atoms with Gasteiger partial charge in [0.2, 0.25) is 0 Å². The molecule has 0 fully saturated rings. The summed E-state index contributed by atoms with van der Waals surface area (Å²) < 4.78 is 41.6. The van der Waals surface area contributed by atoms with Gasteiger partial charge in [0.1, 0.15) is 5.82 Å². The monoisotopic (exact) mass is 376 g/mol. The number of nitrogens with one attached hydrogen (secondary N) is 1. The van der Waals surface area contributed by atoms with E-state index in [9.17, 15) is 12.8 Å². The highest BCUT2D eigenvalue weighted by Crippen LogP contribution is 2.27. The van der Waals surface area contributed by atoms with Crippen LogP contribution >= 0.6 is 11.3 Å². The number of rotatable bonds is 4. The molecule has 3 rings (SSSR count). The molecule has 0 amide bonds. The van der Waals surface area contributed by atoms with Crippen LogP contribution in [0.15, 0.2) is 46.7 Å². The molecule has 1 heterocycles. The van der Waals surface area contributed by atoms with Gasteiger partial charge in [-0.1, -0.05) is 18.2 Å². The van der Waals surface area contributed by atoms with Crippen molar-refractivity contribution in [3.63, 3.8) is 0 Å². The van der Waals surface area contributed by atoms with E-state index in [0.717, 1.165) is 16.3 Å². The summed E-state index contributed by atoms with van der Waals surface area (Å²) in [6.45, 7) is 5.24. The minimum absolute atomic E-state index is 0.150. The molecule has 0 unspecified atom stereocenters. The average molecular weight is 376 g/mol. The topological polar surface area (TPSA) is 59.1 Å². The van der Waals surface area contributed by atoms with E-state index in [1.165, 1.54) is 23.5 Å². The number of sulfonamides is 1. The third-order valence-corrected chi connectivity index (χ3v) is 6.11. The molecule has 0 saturated carbocycles.